The van der Waals surface area contributed by atoms with E-state index in [1.165, 1.54) is 18.2 Å². The third-order valence-corrected chi connectivity index (χ3v) is 4.11. The van der Waals surface area contributed by atoms with Gasteiger partial charge in [0.15, 0.2) is 11.4 Å². The van der Waals surface area contributed by atoms with Crippen LogP contribution in [0.3, 0.4) is 0 Å². The van der Waals surface area contributed by atoms with E-state index in [1.54, 1.807) is 12.1 Å². The van der Waals surface area contributed by atoms with Crippen molar-refractivity contribution >= 4 is 22.3 Å². The van der Waals surface area contributed by atoms with Crippen molar-refractivity contribution in [3.8, 4) is 0 Å². The molecule has 0 bridgehead atoms. The lowest BCUT2D eigenvalue weighted by Gasteiger charge is -2.00. The smallest absolute Gasteiger partial charge is 0.322 e. The highest BCUT2D eigenvalue weighted by Gasteiger charge is 2.17. The zero-order valence-corrected chi connectivity index (χ0v) is 12.4. The average Bonchev–Trinajstić information content (AvgIpc) is 2.79. The van der Waals surface area contributed by atoms with Gasteiger partial charge in [-0.2, -0.15) is 0 Å². The van der Waals surface area contributed by atoms with E-state index in [0.29, 0.717) is 5.56 Å². The van der Waals surface area contributed by atoms with E-state index in [-0.39, 0.29) is 10.9 Å². The van der Waals surface area contributed by atoms with E-state index >= 15 is 0 Å². The molecule has 0 radical (unpaired) electrons. The van der Waals surface area contributed by atoms with Gasteiger partial charge in [0.25, 0.3) is 0 Å². The Morgan fingerprint density at radius 1 is 1.32 bits per heavy atom. The van der Waals surface area contributed by atoms with Gasteiger partial charge >= 0.3 is 5.82 Å². The maximum Gasteiger partial charge on any atom is 0.322 e. The highest BCUT2D eigenvalue weighted by molar-refractivity contribution is 7.98. The molecule has 2 rings (SSSR count). The molecule has 0 fully saturated rings. The quantitative estimate of drug-likeness (QED) is 0.387. The molecule has 114 valence electrons. The van der Waals surface area contributed by atoms with E-state index in [4.69, 9.17) is 0 Å². The SMILES string of the molecule is Cc1ccc(C=C(N/C=N/C2=CC=CS2(=O)=O)[N+](=O)[O-])cc1. The van der Waals surface area contributed by atoms with Crippen LogP contribution < -0.4 is 5.32 Å². The highest BCUT2D eigenvalue weighted by Crippen LogP contribution is 2.16. The molecule has 1 aromatic rings. The van der Waals surface area contributed by atoms with Gasteiger partial charge in [-0.05, 0) is 29.6 Å². The van der Waals surface area contributed by atoms with Gasteiger partial charge in [0, 0.05) is 11.5 Å². The zero-order chi connectivity index (χ0) is 16.2. The monoisotopic (exact) mass is 319 g/mol. The zero-order valence-electron chi connectivity index (χ0n) is 11.6. The van der Waals surface area contributed by atoms with Crippen LogP contribution in [-0.2, 0) is 9.84 Å². The lowest BCUT2D eigenvalue weighted by Crippen LogP contribution is -2.18. The van der Waals surface area contributed by atoms with E-state index < -0.39 is 14.8 Å². The number of hydrogen-bond donors (Lipinski definition) is 1. The lowest BCUT2D eigenvalue weighted by atomic mass is 10.1. The normalized spacial score (nSPS) is 16.8. The third-order valence-electron chi connectivity index (χ3n) is 2.77. The topological polar surface area (TPSA) is 102 Å². The molecule has 1 aliphatic heterocycles. The second-order valence-electron chi connectivity index (χ2n) is 4.48. The molecule has 0 atom stereocenters. The molecule has 0 saturated heterocycles. The van der Waals surface area contributed by atoms with Gasteiger partial charge in [-0.3, -0.25) is 0 Å². The van der Waals surface area contributed by atoms with Crippen LogP contribution in [0.5, 0.6) is 0 Å². The first-order valence-electron chi connectivity index (χ1n) is 6.24. The summed E-state index contributed by atoms with van der Waals surface area (Å²) >= 11 is 0. The number of aryl methyl sites for hydroxylation is 1. The number of rotatable bonds is 5. The Balaban J connectivity index is 2.13. The second kappa shape index (κ2) is 6.35. The van der Waals surface area contributed by atoms with Crippen molar-refractivity contribution in [3.05, 3.63) is 73.9 Å². The molecule has 0 unspecified atom stereocenters. The van der Waals surface area contributed by atoms with Crippen LogP contribution >= 0.6 is 0 Å². The summed E-state index contributed by atoms with van der Waals surface area (Å²) in [4.78, 5) is 14.1. The molecule has 0 amide bonds. The highest BCUT2D eigenvalue weighted by atomic mass is 32.2. The molecule has 1 aliphatic rings. The van der Waals surface area contributed by atoms with Crippen molar-refractivity contribution in [1.82, 2.24) is 5.32 Å². The van der Waals surface area contributed by atoms with Crippen molar-refractivity contribution in [2.45, 2.75) is 6.92 Å². The largest absolute Gasteiger partial charge is 0.358 e. The summed E-state index contributed by atoms with van der Waals surface area (Å²) in [5.41, 5.74) is 1.69. The van der Waals surface area contributed by atoms with Crippen molar-refractivity contribution in [2.75, 3.05) is 0 Å². The standard InChI is InChI=1S/C14H13N3O4S/c1-11-4-6-12(7-5-11)9-13(17(18)19)15-10-16-14-3-2-8-22(14,20)21/h2-10H,1H3,(H,15,16). The van der Waals surface area contributed by atoms with E-state index in [0.717, 1.165) is 17.3 Å². The molecule has 22 heavy (non-hydrogen) atoms. The summed E-state index contributed by atoms with van der Waals surface area (Å²) in [7, 11) is -3.52. The first-order chi connectivity index (χ1) is 10.4. The van der Waals surface area contributed by atoms with Crippen LogP contribution in [-0.4, -0.2) is 19.7 Å². The summed E-state index contributed by atoms with van der Waals surface area (Å²) in [6.45, 7) is 1.91. The van der Waals surface area contributed by atoms with Crippen molar-refractivity contribution < 1.29 is 13.3 Å². The minimum absolute atomic E-state index is 0.168. The molecule has 0 saturated carbocycles. The van der Waals surface area contributed by atoms with Crippen LogP contribution in [0.1, 0.15) is 11.1 Å². The molecule has 0 aromatic heterocycles. The van der Waals surface area contributed by atoms with E-state index in [9.17, 15) is 18.5 Å². The van der Waals surface area contributed by atoms with Gasteiger partial charge in [0.05, 0.1) is 0 Å². The van der Waals surface area contributed by atoms with Crippen LogP contribution in [0.4, 0.5) is 0 Å². The lowest BCUT2D eigenvalue weighted by molar-refractivity contribution is -0.427. The number of nitrogens with one attached hydrogen (secondary N) is 1. The molecular weight excluding hydrogens is 306 g/mol. The molecule has 1 N–H and O–H groups in total. The Labute approximate surface area is 127 Å². The summed E-state index contributed by atoms with van der Waals surface area (Å²) in [5, 5.41) is 14.2. The minimum Gasteiger partial charge on any atom is -0.358 e. The van der Waals surface area contributed by atoms with Gasteiger partial charge in [0.2, 0.25) is 9.84 Å². The first-order valence-corrected chi connectivity index (χ1v) is 7.78. The second-order valence-corrected chi connectivity index (χ2v) is 6.26. The summed E-state index contributed by atoms with van der Waals surface area (Å²) < 4.78 is 22.9. The van der Waals surface area contributed by atoms with E-state index in [1.807, 2.05) is 19.1 Å². The molecular formula is C14H13N3O4S. The predicted molar refractivity (Wildman–Crippen MR) is 83.9 cm³/mol. The fourth-order valence-electron chi connectivity index (χ4n) is 1.64. The number of sulfone groups is 1. The molecule has 0 aliphatic carbocycles. The number of benzene rings is 1. The van der Waals surface area contributed by atoms with Gasteiger partial charge in [-0.25, -0.2) is 18.7 Å². The summed E-state index contributed by atoms with van der Waals surface area (Å²) in [6, 6.07) is 7.15. The number of nitro groups is 1. The van der Waals surface area contributed by atoms with Gasteiger partial charge in [0.1, 0.15) is 0 Å². The maximum absolute atomic E-state index is 11.4. The summed E-state index contributed by atoms with van der Waals surface area (Å²) in [6.07, 6.45) is 4.97. The van der Waals surface area contributed by atoms with E-state index in [2.05, 4.69) is 10.3 Å². The minimum atomic E-state index is -3.52. The number of nitrogens with zero attached hydrogens (tertiary/aromatic N) is 2. The Hall–Kier alpha value is -2.74. The van der Waals surface area contributed by atoms with Crippen molar-refractivity contribution in [3.63, 3.8) is 0 Å². The maximum atomic E-state index is 11.4. The van der Waals surface area contributed by atoms with Crippen LogP contribution in [0.15, 0.2) is 57.7 Å². The molecule has 1 heterocycles. The number of aliphatic imine (C=N–C) groups is 1. The molecule has 1 aromatic carbocycles. The first kappa shape index (κ1) is 15.6. The Morgan fingerprint density at radius 2 is 2.00 bits per heavy atom. The van der Waals surface area contributed by atoms with Crippen LogP contribution in [0.2, 0.25) is 0 Å². The van der Waals surface area contributed by atoms with Gasteiger partial charge < -0.3 is 10.1 Å². The predicted octanol–water partition coefficient (Wildman–Crippen LogP) is 1.97. The Bertz CT molecular complexity index is 803. The Morgan fingerprint density at radius 3 is 2.55 bits per heavy atom. The fourth-order valence-corrected chi connectivity index (χ4v) is 2.53. The van der Waals surface area contributed by atoms with Crippen LogP contribution in [0, 0.1) is 17.0 Å². The Kier molecular flexibility index (Phi) is 4.52. The molecule has 0 spiro atoms. The molecule has 7 nitrogen and oxygen atoms in total. The number of allylic oxidation sites excluding steroid dienone is 2. The van der Waals surface area contributed by atoms with Crippen molar-refractivity contribution in [1.29, 1.82) is 0 Å². The van der Waals surface area contributed by atoms with Gasteiger partial charge in [-0.1, -0.05) is 29.8 Å². The molecule has 8 heteroatoms. The van der Waals surface area contributed by atoms with Gasteiger partial charge in [-0.15, -0.1) is 0 Å². The fraction of sp³-hybridized carbons (Fsp3) is 0.0714. The number of hydrogen-bond acceptors (Lipinski definition) is 5. The summed E-state index contributed by atoms with van der Waals surface area (Å²) in [5.74, 6) is -0.309. The van der Waals surface area contributed by atoms with Crippen LogP contribution in [0.25, 0.3) is 6.08 Å². The third kappa shape index (κ3) is 3.89. The average molecular weight is 319 g/mol. The van der Waals surface area contributed by atoms with Crippen molar-refractivity contribution in [2.24, 2.45) is 4.99 Å².